The van der Waals surface area contributed by atoms with Crippen LogP contribution in [-0.4, -0.2) is 31.7 Å². The minimum Gasteiger partial charge on any atom is -0.497 e. The Hall–Kier alpha value is -1.39. The predicted octanol–water partition coefficient (Wildman–Crippen LogP) is 2.74. The number of benzene rings is 1. The van der Waals surface area contributed by atoms with Gasteiger partial charge in [-0.15, -0.1) is 0 Å². The lowest BCUT2D eigenvalue weighted by molar-refractivity contribution is -0.118. The summed E-state index contributed by atoms with van der Waals surface area (Å²) in [6, 6.07) is 7.89. The molecule has 0 saturated carbocycles. The Bertz CT molecular complexity index is 427. The van der Waals surface area contributed by atoms with Crippen LogP contribution in [0.15, 0.2) is 24.3 Å². The molecule has 0 N–H and O–H groups in total. The molecule has 4 heteroatoms. The lowest BCUT2D eigenvalue weighted by Gasteiger charge is -2.05. The Labute approximate surface area is 120 Å². The minimum atomic E-state index is -0.129. The van der Waals surface area contributed by atoms with Crippen LogP contribution in [0.3, 0.4) is 0 Å². The van der Waals surface area contributed by atoms with Crippen molar-refractivity contribution in [1.29, 1.82) is 0 Å². The molecular weight excluding hydrogens is 256 g/mol. The second-order valence-corrected chi connectivity index (χ2v) is 5.10. The topological polar surface area (TPSA) is 48.1 Å². The summed E-state index contributed by atoms with van der Waals surface area (Å²) in [4.78, 5) is 11.0. The van der Waals surface area contributed by atoms with Gasteiger partial charge in [-0.2, -0.15) is 0 Å². The van der Waals surface area contributed by atoms with Crippen LogP contribution in [0.4, 0.5) is 0 Å². The van der Waals surface area contributed by atoms with Crippen LogP contribution in [-0.2, 0) is 20.9 Å². The van der Waals surface area contributed by atoms with E-state index in [1.807, 2.05) is 24.3 Å². The number of unbranched alkanes of at least 4 members (excludes halogenated alkanes) is 1. The molecule has 20 heavy (non-hydrogen) atoms. The van der Waals surface area contributed by atoms with Crippen LogP contribution >= 0.6 is 0 Å². The van der Waals surface area contributed by atoms with Gasteiger partial charge in [0.25, 0.3) is 0 Å². The Kier molecular flexibility index (Phi) is 5.56. The van der Waals surface area contributed by atoms with Crippen LogP contribution in [0.25, 0.3) is 0 Å². The first-order valence-electron chi connectivity index (χ1n) is 7.07. The molecule has 110 valence electrons. The first-order chi connectivity index (χ1) is 9.70. The standard InChI is InChI=1S/C16H22O4/c1-12(17)16-15(20-16)5-3-4-10-19-11-13-6-8-14(18-2)9-7-13/h6-9,15-16H,3-5,10-11H2,1-2H3/t15-,16+/m1/s1. The summed E-state index contributed by atoms with van der Waals surface area (Å²) in [5.74, 6) is 1.00. The first kappa shape index (κ1) is 15.0. The molecule has 4 nitrogen and oxygen atoms in total. The Morgan fingerprint density at radius 1 is 1.25 bits per heavy atom. The van der Waals surface area contributed by atoms with E-state index in [-0.39, 0.29) is 18.0 Å². The maximum absolute atomic E-state index is 11.0. The maximum Gasteiger partial charge on any atom is 0.161 e. The van der Waals surface area contributed by atoms with Gasteiger partial charge in [0.1, 0.15) is 11.9 Å². The van der Waals surface area contributed by atoms with E-state index in [0.717, 1.165) is 37.2 Å². The van der Waals surface area contributed by atoms with Gasteiger partial charge in [0.2, 0.25) is 0 Å². The zero-order valence-corrected chi connectivity index (χ0v) is 12.1. The first-order valence-corrected chi connectivity index (χ1v) is 7.07. The highest BCUT2D eigenvalue weighted by Gasteiger charge is 2.41. The number of ether oxygens (including phenoxy) is 3. The van der Waals surface area contributed by atoms with E-state index in [4.69, 9.17) is 14.2 Å². The summed E-state index contributed by atoms with van der Waals surface area (Å²) in [5, 5.41) is 0. The molecule has 0 aliphatic carbocycles. The highest BCUT2D eigenvalue weighted by atomic mass is 16.6. The molecule has 2 atom stereocenters. The molecule has 1 aromatic carbocycles. The highest BCUT2D eigenvalue weighted by Crippen LogP contribution is 2.27. The lowest BCUT2D eigenvalue weighted by atomic mass is 10.1. The normalized spacial score (nSPS) is 20.7. The number of rotatable bonds is 9. The van der Waals surface area contributed by atoms with Crippen molar-refractivity contribution in [3.63, 3.8) is 0 Å². The van der Waals surface area contributed by atoms with Crippen molar-refractivity contribution < 1.29 is 19.0 Å². The van der Waals surface area contributed by atoms with Gasteiger partial charge in [0.15, 0.2) is 5.78 Å². The maximum atomic E-state index is 11.0. The molecule has 1 heterocycles. The highest BCUT2D eigenvalue weighted by molar-refractivity contribution is 5.83. The Balaban J connectivity index is 1.50. The molecule has 0 bridgehead atoms. The van der Waals surface area contributed by atoms with Gasteiger partial charge < -0.3 is 14.2 Å². The van der Waals surface area contributed by atoms with Gasteiger partial charge in [-0.1, -0.05) is 12.1 Å². The van der Waals surface area contributed by atoms with E-state index in [2.05, 4.69) is 0 Å². The van der Waals surface area contributed by atoms with Crippen molar-refractivity contribution in [2.75, 3.05) is 13.7 Å². The van der Waals surface area contributed by atoms with E-state index >= 15 is 0 Å². The fourth-order valence-corrected chi connectivity index (χ4v) is 2.18. The van der Waals surface area contributed by atoms with Crippen molar-refractivity contribution in [2.24, 2.45) is 0 Å². The van der Waals surface area contributed by atoms with E-state index in [9.17, 15) is 4.79 Å². The largest absolute Gasteiger partial charge is 0.497 e. The molecule has 0 aromatic heterocycles. The van der Waals surface area contributed by atoms with Crippen LogP contribution < -0.4 is 4.74 Å². The second kappa shape index (κ2) is 7.41. The van der Waals surface area contributed by atoms with Crippen molar-refractivity contribution in [1.82, 2.24) is 0 Å². The molecule has 1 saturated heterocycles. The van der Waals surface area contributed by atoms with Gasteiger partial charge in [-0.25, -0.2) is 0 Å². The number of hydrogen-bond donors (Lipinski definition) is 0. The number of carbonyl (C=O) groups is 1. The van der Waals surface area contributed by atoms with Crippen LogP contribution in [0, 0.1) is 0 Å². The third-order valence-electron chi connectivity index (χ3n) is 3.44. The van der Waals surface area contributed by atoms with Crippen LogP contribution in [0.5, 0.6) is 5.75 Å². The Morgan fingerprint density at radius 2 is 2.00 bits per heavy atom. The molecular formula is C16H22O4. The number of carbonyl (C=O) groups excluding carboxylic acids is 1. The number of Topliss-reactive ketones (excluding diaryl/α,β-unsaturated/α-hetero) is 1. The van der Waals surface area contributed by atoms with E-state index in [1.54, 1.807) is 14.0 Å². The summed E-state index contributed by atoms with van der Waals surface area (Å²) < 4.78 is 16.0. The minimum absolute atomic E-state index is 0.129. The van der Waals surface area contributed by atoms with Gasteiger partial charge in [-0.3, -0.25) is 4.79 Å². The predicted molar refractivity (Wildman–Crippen MR) is 75.8 cm³/mol. The molecule has 0 unspecified atom stereocenters. The average Bonchev–Trinajstić information content (AvgIpc) is 3.23. The number of ketones is 1. The smallest absolute Gasteiger partial charge is 0.161 e. The average molecular weight is 278 g/mol. The SMILES string of the molecule is COc1ccc(COCCCC[C@H]2O[C@H]2C(C)=O)cc1. The molecule has 1 aliphatic rings. The van der Waals surface area contributed by atoms with Gasteiger partial charge in [0, 0.05) is 6.61 Å². The van der Waals surface area contributed by atoms with Crippen molar-refractivity contribution in [3.8, 4) is 5.75 Å². The zero-order valence-electron chi connectivity index (χ0n) is 12.1. The number of epoxide rings is 1. The third kappa shape index (κ3) is 4.62. The molecule has 1 aliphatic heterocycles. The molecule has 0 amide bonds. The number of hydrogen-bond acceptors (Lipinski definition) is 4. The quantitative estimate of drug-likeness (QED) is 0.515. The fraction of sp³-hybridized carbons (Fsp3) is 0.562. The van der Waals surface area contributed by atoms with Gasteiger partial charge >= 0.3 is 0 Å². The molecule has 2 rings (SSSR count). The monoisotopic (exact) mass is 278 g/mol. The summed E-state index contributed by atoms with van der Waals surface area (Å²) in [6.45, 7) is 2.95. The van der Waals surface area contributed by atoms with E-state index < -0.39 is 0 Å². The molecule has 0 spiro atoms. The fourth-order valence-electron chi connectivity index (χ4n) is 2.18. The van der Waals surface area contributed by atoms with Crippen LogP contribution in [0.1, 0.15) is 31.7 Å². The third-order valence-corrected chi connectivity index (χ3v) is 3.44. The molecule has 1 aromatic rings. The summed E-state index contributed by atoms with van der Waals surface area (Å²) in [5.41, 5.74) is 1.15. The summed E-state index contributed by atoms with van der Waals surface area (Å²) >= 11 is 0. The molecule has 1 fully saturated rings. The Morgan fingerprint density at radius 3 is 2.60 bits per heavy atom. The number of methoxy groups -OCH3 is 1. The van der Waals surface area contributed by atoms with Crippen molar-refractivity contribution >= 4 is 5.78 Å². The summed E-state index contributed by atoms with van der Waals surface area (Å²) in [6.07, 6.45) is 3.03. The second-order valence-electron chi connectivity index (χ2n) is 5.10. The lowest BCUT2D eigenvalue weighted by Crippen LogP contribution is -2.04. The van der Waals surface area contributed by atoms with Crippen LogP contribution in [0.2, 0.25) is 0 Å². The van der Waals surface area contributed by atoms with Gasteiger partial charge in [0.05, 0.1) is 19.8 Å². The zero-order chi connectivity index (χ0) is 14.4. The van der Waals surface area contributed by atoms with Crippen molar-refractivity contribution in [2.45, 2.75) is 45.0 Å². The molecule has 0 radical (unpaired) electrons. The van der Waals surface area contributed by atoms with Crippen molar-refractivity contribution in [3.05, 3.63) is 29.8 Å². The van der Waals surface area contributed by atoms with E-state index in [0.29, 0.717) is 6.61 Å². The summed E-state index contributed by atoms with van der Waals surface area (Å²) in [7, 11) is 1.66. The van der Waals surface area contributed by atoms with Gasteiger partial charge in [-0.05, 0) is 43.9 Å². The van der Waals surface area contributed by atoms with E-state index in [1.165, 1.54) is 0 Å².